The highest BCUT2D eigenvalue weighted by Crippen LogP contribution is 2.73. The second kappa shape index (κ2) is 3.21. The lowest BCUT2D eigenvalue weighted by atomic mass is 9.93. The first-order chi connectivity index (χ1) is 7.90. The number of benzene rings is 1. The molecule has 1 aromatic carbocycles. The summed E-state index contributed by atoms with van der Waals surface area (Å²) in [5.74, 6) is 0. The zero-order valence-corrected chi connectivity index (χ0v) is 10.4. The van der Waals surface area contributed by atoms with E-state index in [0.717, 1.165) is 15.7 Å². The minimum absolute atomic E-state index is 0.444. The van der Waals surface area contributed by atoms with Crippen molar-refractivity contribution in [2.75, 3.05) is 0 Å². The lowest BCUT2D eigenvalue weighted by Gasteiger charge is -2.09. The molecule has 2 heterocycles. The average molecular weight is 244 g/mol. The first-order valence-corrected chi connectivity index (χ1v) is 7.47. The molecule has 4 unspecified atom stereocenters. The summed E-state index contributed by atoms with van der Waals surface area (Å²) >= 11 is 4.25. The fourth-order valence-corrected chi connectivity index (χ4v) is 5.69. The molecular weight excluding hydrogens is 232 g/mol. The lowest BCUT2D eigenvalue weighted by molar-refractivity contribution is 0.793. The van der Waals surface area contributed by atoms with E-state index >= 15 is 0 Å². The quantitative estimate of drug-likeness (QED) is 0.725. The van der Waals surface area contributed by atoms with E-state index in [1.165, 1.54) is 5.56 Å². The van der Waals surface area contributed by atoms with Crippen LogP contribution in [0.5, 0.6) is 0 Å². The Bertz CT molecular complexity index is 477. The van der Waals surface area contributed by atoms with Crippen LogP contribution in [0.15, 0.2) is 54.6 Å². The average Bonchev–Trinajstić information content (AvgIpc) is 3.22. The number of rotatable bonds is 2. The molecule has 0 N–H and O–H groups in total. The Kier molecular flexibility index (Phi) is 1.89. The molecule has 2 aliphatic heterocycles. The predicted octanol–water partition coefficient (Wildman–Crippen LogP) is 3.82. The molecule has 16 heavy (non-hydrogen) atoms. The van der Waals surface area contributed by atoms with Crippen LogP contribution < -0.4 is 0 Å². The molecule has 3 aliphatic rings. The highest BCUT2D eigenvalue weighted by molar-refractivity contribution is 8.13. The van der Waals surface area contributed by atoms with Gasteiger partial charge in [0.15, 0.2) is 0 Å². The molecule has 1 aromatic rings. The van der Waals surface area contributed by atoms with Gasteiger partial charge in [0.2, 0.25) is 0 Å². The number of hydrogen-bond donors (Lipinski definition) is 0. The molecular formula is C14H12S2. The topological polar surface area (TPSA) is 0 Å². The SMILES string of the molecule is C1=CC2SC2(C2SC2c2ccccc2)C=C1. The normalized spacial score (nSPS) is 42.9. The summed E-state index contributed by atoms with van der Waals surface area (Å²) in [6, 6.07) is 10.9. The van der Waals surface area contributed by atoms with Crippen LogP contribution in [-0.4, -0.2) is 15.2 Å². The van der Waals surface area contributed by atoms with Crippen molar-refractivity contribution in [3.63, 3.8) is 0 Å². The summed E-state index contributed by atoms with van der Waals surface area (Å²) < 4.78 is 0.444. The maximum absolute atomic E-state index is 2.42. The van der Waals surface area contributed by atoms with Crippen molar-refractivity contribution < 1.29 is 0 Å². The lowest BCUT2D eigenvalue weighted by Crippen LogP contribution is -2.19. The molecule has 0 saturated carbocycles. The Morgan fingerprint density at radius 2 is 1.94 bits per heavy atom. The van der Waals surface area contributed by atoms with Crippen molar-refractivity contribution in [2.24, 2.45) is 0 Å². The standard InChI is InChI=1S/C14H12S2/c1-2-6-10(7-3-1)12-13(15-12)14-9-5-4-8-11(14)16-14/h1-9,11-13H. The van der Waals surface area contributed by atoms with Crippen molar-refractivity contribution in [3.8, 4) is 0 Å². The van der Waals surface area contributed by atoms with E-state index in [1.807, 2.05) is 0 Å². The number of hydrogen-bond acceptors (Lipinski definition) is 2. The Hall–Kier alpha value is -0.600. The molecule has 0 nitrogen and oxygen atoms in total. The highest BCUT2D eigenvalue weighted by Gasteiger charge is 2.66. The third-order valence-corrected chi connectivity index (χ3v) is 6.76. The number of fused-ring (bicyclic) bond motifs is 1. The van der Waals surface area contributed by atoms with E-state index < -0.39 is 0 Å². The number of allylic oxidation sites excluding steroid dienone is 2. The number of thioether (sulfide) groups is 2. The fraction of sp³-hybridized carbons (Fsp3) is 0.286. The van der Waals surface area contributed by atoms with Gasteiger partial charge in [-0.3, -0.25) is 0 Å². The van der Waals surface area contributed by atoms with E-state index in [0.29, 0.717) is 4.75 Å². The Morgan fingerprint density at radius 3 is 2.75 bits per heavy atom. The van der Waals surface area contributed by atoms with Gasteiger partial charge in [-0.15, -0.1) is 23.5 Å². The Balaban J connectivity index is 1.58. The molecule has 4 rings (SSSR count). The molecule has 0 aromatic heterocycles. The molecule has 0 amide bonds. The van der Waals surface area contributed by atoms with Gasteiger partial charge in [0.25, 0.3) is 0 Å². The Morgan fingerprint density at radius 1 is 1.06 bits per heavy atom. The fourth-order valence-electron chi connectivity index (χ4n) is 2.56. The van der Waals surface area contributed by atoms with Crippen molar-refractivity contribution in [1.82, 2.24) is 0 Å². The summed E-state index contributed by atoms with van der Waals surface area (Å²) in [5, 5.41) is 2.28. The predicted molar refractivity (Wildman–Crippen MR) is 73.0 cm³/mol. The molecule has 2 fully saturated rings. The zero-order chi connectivity index (χ0) is 10.6. The first-order valence-electron chi connectivity index (χ1n) is 5.64. The molecule has 2 saturated heterocycles. The summed E-state index contributed by atoms with van der Waals surface area (Å²) in [7, 11) is 0. The highest BCUT2D eigenvalue weighted by atomic mass is 32.2. The van der Waals surface area contributed by atoms with E-state index in [9.17, 15) is 0 Å². The van der Waals surface area contributed by atoms with Crippen LogP contribution in [-0.2, 0) is 0 Å². The minimum atomic E-state index is 0.444. The van der Waals surface area contributed by atoms with Crippen molar-refractivity contribution in [1.29, 1.82) is 0 Å². The first kappa shape index (κ1) is 9.43. The van der Waals surface area contributed by atoms with Gasteiger partial charge in [-0.05, 0) is 5.56 Å². The van der Waals surface area contributed by atoms with E-state index in [2.05, 4.69) is 78.2 Å². The van der Waals surface area contributed by atoms with E-state index in [4.69, 9.17) is 0 Å². The van der Waals surface area contributed by atoms with Gasteiger partial charge in [-0.2, -0.15) is 0 Å². The van der Waals surface area contributed by atoms with Gasteiger partial charge in [0.05, 0.1) is 4.75 Å². The third-order valence-electron chi connectivity index (χ3n) is 3.54. The van der Waals surface area contributed by atoms with Gasteiger partial charge >= 0.3 is 0 Å². The molecule has 2 heteroatoms. The monoisotopic (exact) mass is 244 g/mol. The van der Waals surface area contributed by atoms with Crippen LogP contribution in [0.4, 0.5) is 0 Å². The summed E-state index contributed by atoms with van der Waals surface area (Å²) in [6.45, 7) is 0. The second-order valence-corrected chi connectivity index (χ2v) is 7.26. The molecule has 0 bridgehead atoms. The summed E-state index contributed by atoms with van der Waals surface area (Å²) in [4.78, 5) is 0. The summed E-state index contributed by atoms with van der Waals surface area (Å²) in [5.41, 5.74) is 1.50. The van der Waals surface area contributed by atoms with E-state index in [-0.39, 0.29) is 0 Å². The van der Waals surface area contributed by atoms with Crippen LogP contribution in [0, 0.1) is 0 Å². The molecule has 1 aliphatic carbocycles. The molecule has 80 valence electrons. The van der Waals surface area contributed by atoms with Gasteiger partial charge in [0.1, 0.15) is 0 Å². The maximum Gasteiger partial charge on any atom is 0.0635 e. The van der Waals surface area contributed by atoms with Crippen molar-refractivity contribution >= 4 is 23.5 Å². The van der Waals surface area contributed by atoms with Gasteiger partial charge in [0, 0.05) is 15.7 Å². The summed E-state index contributed by atoms with van der Waals surface area (Å²) in [6.07, 6.45) is 9.18. The van der Waals surface area contributed by atoms with E-state index in [1.54, 1.807) is 0 Å². The smallest absolute Gasteiger partial charge is 0.0635 e. The third kappa shape index (κ3) is 1.26. The second-order valence-electron chi connectivity index (χ2n) is 4.52. The van der Waals surface area contributed by atoms with Gasteiger partial charge < -0.3 is 0 Å². The van der Waals surface area contributed by atoms with Gasteiger partial charge in [-0.25, -0.2) is 0 Å². The largest absolute Gasteiger partial charge is 0.146 e. The molecule has 4 atom stereocenters. The zero-order valence-electron chi connectivity index (χ0n) is 8.74. The van der Waals surface area contributed by atoms with Crippen LogP contribution in [0.25, 0.3) is 0 Å². The van der Waals surface area contributed by atoms with Crippen LogP contribution >= 0.6 is 23.5 Å². The van der Waals surface area contributed by atoms with Crippen LogP contribution in [0.3, 0.4) is 0 Å². The molecule has 0 spiro atoms. The van der Waals surface area contributed by atoms with Crippen molar-refractivity contribution in [2.45, 2.75) is 20.5 Å². The van der Waals surface area contributed by atoms with Crippen LogP contribution in [0.1, 0.15) is 10.8 Å². The minimum Gasteiger partial charge on any atom is -0.146 e. The maximum atomic E-state index is 2.42. The van der Waals surface area contributed by atoms with Gasteiger partial charge in [-0.1, -0.05) is 54.6 Å². The molecule has 0 radical (unpaired) electrons. The Labute approximate surface area is 104 Å². The van der Waals surface area contributed by atoms with Crippen LogP contribution in [0.2, 0.25) is 0 Å². The van der Waals surface area contributed by atoms with Crippen molar-refractivity contribution in [3.05, 3.63) is 60.2 Å².